The van der Waals surface area contributed by atoms with Gasteiger partial charge in [0.2, 0.25) is 0 Å². The quantitative estimate of drug-likeness (QED) is 0.501. The molecule has 0 N–H and O–H groups in total. The van der Waals surface area contributed by atoms with Gasteiger partial charge in [0, 0.05) is 0 Å². The number of halogens is 1. The van der Waals surface area contributed by atoms with Crippen molar-refractivity contribution in [3.05, 3.63) is 23.8 Å². The zero-order valence-electron chi connectivity index (χ0n) is 6.19. The maximum absolute atomic E-state index is 12.1. The third kappa shape index (κ3) is 5.28. The van der Waals surface area contributed by atoms with Crippen molar-refractivity contribution < 1.29 is 4.39 Å². The monoisotopic (exact) mass is 128 g/mol. The SMILES string of the molecule is C/C=C(C)\C=C/C(C)F. The van der Waals surface area contributed by atoms with Gasteiger partial charge in [0.25, 0.3) is 0 Å². The van der Waals surface area contributed by atoms with Crippen LogP contribution in [0, 0.1) is 0 Å². The molecule has 0 heterocycles. The minimum atomic E-state index is -0.833. The Balaban J connectivity index is 3.71. The predicted molar refractivity (Wildman–Crippen MR) is 39.1 cm³/mol. The second-order valence-corrected chi connectivity index (χ2v) is 2.07. The van der Waals surface area contributed by atoms with E-state index in [0.29, 0.717) is 0 Å². The molecule has 1 atom stereocenters. The van der Waals surface area contributed by atoms with Crippen LogP contribution >= 0.6 is 0 Å². The van der Waals surface area contributed by atoms with E-state index >= 15 is 0 Å². The molecule has 0 aromatic carbocycles. The van der Waals surface area contributed by atoms with E-state index in [1.54, 1.807) is 6.08 Å². The Bertz CT molecular complexity index is 121. The first-order chi connectivity index (χ1) is 4.16. The molecule has 0 spiro atoms. The summed E-state index contributed by atoms with van der Waals surface area (Å²) in [5.41, 5.74) is 1.10. The average Bonchev–Trinajstić information content (AvgIpc) is 1.83. The van der Waals surface area contributed by atoms with E-state index in [9.17, 15) is 4.39 Å². The van der Waals surface area contributed by atoms with Gasteiger partial charge in [0.1, 0.15) is 6.17 Å². The molecule has 0 amide bonds. The van der Waals surface area contributed by atoms with Gasteiger partial charge in [0.15, 0.2) is 0 Å². The molecule has 1 unspecified atom stereocenters. The first kappa shape index (κ1) is 8.41. The molecule has 0 aliphatic carbocycles. The Hall–Kier alpha value is -0.590. The van der Waals surface area contributed by atoms with Crippen molar-refractivity contribution in [2.24, 2.45) is 0 Å². The van der Waals surface area contributed by atoms with E-state index in [1.807, 2.05) is 19.9 Å². The largest absolute Gasteiger partial charge is 0.243 e. The van der Waals surface area contributed by atoms with E-state index in [-0.39, 0.29) is 0 Å². The lowest BCUT2D eigenvalue weighted by Gasteiger charge is -1.89. The third-order valence-corrected chi connectivity index (χ3v) is 1.08. The maximum atomic E-state index is 12.1. The number of alkyl halides is 1. The molecule has 0 aromatic heterocycles. The molecule has 0 saturated carbocycles. The number of hydrogen-bond donors (Lipinski definition) is 0. The van der Waals surface area contributed by atoms with Gasteiger partial charge in [-0.25, -0.2) is 4.39 Å². The lowest BCUT2D eigenvalue weighted by molar-refractivity contribution is 0.430. The summed E-state index contributed by atoms with van der Waals surface area (Å²) in [6.07, 6.45) is 4.43. The van der Waals surface area contributed by atoms with Crippen LogP contribution in [0.15, 0.2) is 23.8 Å². The highest BCUT2D eigenvalue weighted by atomic mass is 19.1. The van der Waals surface area contributed by atoms with Crippen LogP contribution in [0.5, 0.6) is 0 Å². The van der Waals surface area contributed by atoms with Crippen LogP contribution in [-0.4, -0.2) is 6.17 Å². The molecule has 0 bridgehead atoms. The summed E-state index contributed by atoms with van der Waals surface area (Å²) in [6, 6.07) is 0. The number of rotatable bonds is 2. The second kappa shape index (κ2) is 4.30. The van der Waals surface area contributed by atoms with Crippen LogP contribution in [0.3, 0.4) is 0 Å². The van der Waals surface area contributed by atoms with Gasteiger partial charge >= 0.3 is 0 Å². The first-order valence-electron chi connectivity index (χ1n) is 3.12. The highest BCUT2D eigenvalue weighted by molar-refractivity contribution is 5.15. The normalized spacial score (nSPS) is 16.7. The van der Waals surface area contributed by atoms with Crippen LogP contribution in [-0.2, 0) is 0 Å². The second-order valence-electron chi connectivity index (χ2n) is 2.07. The van der Waals surface area contributed by atoms with Crippen molar-refractivity contribution in [1.82, 2.24) is 0 Å². The number of hydrogen-bond acceptors (Lipinski definition) is 0. The first-order valence-corrected chi connectivity index (χ1v) is 3.12. The summed E-state index contributed by atoms with van der Waals surface area (Å²) in [7, 11) is 0. The average molecular weight is 128 g/mol. The van der Waals surface area contributed by atoms with Gasteiger partial charge in [0.05, 0.1) is 0 Å². The smallest absolute Gasteiger partial charge is 0.116 e. The molecule has 0 radical (unpaired) electrons. The summed E-state index contributed by atoms with van der Waals surface area (Å²) in [5.74, 6) is 0. The molecule has 0 aliphatic heterocycles. The molecule has 0 saturated heterocycles. The Morgan fingerprint density at radius 3 is 2.44 bits per heavy atom. The minimum absolute atomic E-state index is 0.833. The lowest BCUT2D eigenvalue weighted by Crippen LogP contribution is -1.82. The Morgan fingerprint density at radius 2 is 2.11 bits per heavy atom. The van der Waals surface area contributed by atoms with Crippen molar-refractivity contribution in [2.75, 3.05) is 0 Å². The molecule has 1 heteroatoms. The van der Waals surface area contributed by atoms with Crippen molar-refractivity contribution in [1.29, 1.82) is 0 Å². The summed E-state index contributed by atoms with van der Waals surface area (Å²) in [4.78, 5) is 0. The zero-order chi connectivity index (χ0) is 7.28. The summed E-state index contributed by atoms with van der Waals surface area (Å²) in [5, 5.41) is 0. The maximum Gasteiger partial charge on any atom is 0.116 e. The fourth-order valence-corrected chi connectivity index (χ4v) is 0.381. The molecular weight excluding hydrogens is 115 g/mol. The van der Waals surface area contributed by atoms with Crippen LogP contribution in [0.1, 0.15) is 20.8 Å². The van der Waals surface area contributed by atoms with E-state index in [1.165, 1.54) is 13.0 Å². The molecule has 0 rings (SSSR count). The van der Waals surface area contributed by atoms with Crippen molar-refractivity contribution in [3.63, 3.8) is 0 Å². The topological polar surface area (TPSA) is 0 Å². The Labute approximate surface area is 56.1 Å². The van der Waals surface area contributed by atoms with Gasteiger partial charge in [-0.3, -0.25) is 0 Å². The molecule has 0 nitrogen and oxygen atoms in total. The van der Waals surface area contributed by atoms with Crippen molar-refractivity contribution in [2.45, 2.75) is 26.9 Å². The van der Waals surface area contributed by atoms with Gasteiger partial charge < -0.3 is 0 Å². The molecule has 9 heavy (non-hydrogen) atoms. The fourth-order valence-electron chi connectivity index (χ4n) is 0.381. The predicted octanol–water partition coefficient (Wildman–Crippen LogP) is 2.87. The van der Waals surface area contributed by atoms with Crippen molar-refractivity contribution in [3.8, 4) is 0 Å². The summed E-state index contributed by atoms with van der Waals surface area (Å²) in [6.45, 7) is 5.39. The highest BCUT2D eigenvalue weighted by Gasteiger charge is 1.86. The minimum Gasteiger partial charge on any atom is -0.243 e. The molecule has 0 aliphatic rings. The van der Waals surface area contributed by atoms with Crippen LogP contribution in [0.2, 0.25) is 0 Å². The third-order valence-electron chi connectivity index (χ3n) is 1.08. The standard InChI is InChI=1S/C8H13F/c1-4-7(2)5-6-8(3)9/h4-6,8H,1-3H3/b6-5-,7-4-. The van der Waals surface area contributed by atoms with E-state index in [4.69, 9.17) is 0 Å². The highest BCUT2D eigenvalue weighted by Crippen LogP contribution is 1.97. The molecule has 0 aromatic rings. The molecular formula is C8H13F. The van der Waals surface area contributed by atoms with Gasteiger partial charge in [-0.15, -0.1) is 0 Å². The molecule has 0 fully saturated rings. The van der Waals surface area contributed by atoms with E-state index in [2.05, 4.69) is 0 Å². The van der Waals surface area contributed by atoms with Crippen molar-refractivity contribution >= 4 is 0 Å². The Kier molecular flexibility index (Phi) is 4.02. The van der Waals surface area contributed by atoms with Gasteiger partial charge in [-0.1, -0.05) is 23.8 Å². The lowest BCUT2D eigenvalue weighted by atomic mass is 10.2. The van der Waals surface area contributed by atoms with E-state index < -0.39 is 6.17 Å². The van der Waals surface area contributed by atoms with Crippen LogP contribution < -0.4 is 0 Å². The van der Waals surface area contributed by atoms with E-state index in [0.717, 1.165) is 5.57 Å². The molecule has 52 valence electrons. The summed E-state index contributed by atoms with van der Waals surface area (Å²) >= 11 is 0. The van der Waals surface area contributed by atoms with Gasteiger partial charge in [-0.05, 0) is 20.8 Å². The summed E-state index contributed by atoms with van der Waals surface area (Å²) < 4.78 is 12.1. The zero-order valence-corrected chi connectivity index (χ0v) is 6.19. The Morgan fingerprint density at radius 1 is 1.56 bits per heavy atom. The van der Waals surface area contributed by atoms with Crippen LogP contribution in [0.4, 0.5) is 4.39 Å². The fraction of sp³-hybridized carbons (Fsp3) is 0.500. The number of allylic oxidation sites excluding steroid dienone is 4. The van der Waals surface area contributed by atoms with Crippen LogP contribution in [0.25, 0.3) is 0 Å². The van der Waals surface area contributed by atoms with Gasteiger partial charge in [-0.2, -0.15) is 0 Å².